The summed E-state index contributed by atoms with van der Waals surface area (Å²) in [5.74, 6) is 0. The summed E-state index contributed by atoms with van der Waals surface area (Å²) in [6, 6.07) is 0. The molecule has 0 fully saturated rings. The molecule has 0 saturated heterocycles. The molecule has 20 valence electrons. The second kappa shape index (κ2) is 16.4. The predicted octanol–water partition coefficient (Wildman–Crippen LogP) is -6.43. The summed E-state index contributed by atoms with van der Waals surface area (Å²) >= 11 is 0. The number of hydrogen-bond acceptors (Lipinski definition) is 1. The molecule has 0 rings (SSSR count). The van der Waals surface area contributed by atoms with Crippen LogP contribution in [0, 0.1) is 0 Å². The van der Waals surface area contributed by atoms with E-state index in [4.69, 9.17) is 0 Å². The van der Waals surface area contributed by atoms with E-state index < -0.39 is 0 Å². The molecule has 0 amide bonds. The van der Waals surface area contributed by atoms with Gasteiger partial charge in [-0.1, -0.05) is 0 Å². The summed E-state index contributed by atoms with van der Waals surface area (Å²) < 4.78 is 0. The van der Waals surface area contributed by atoms with Gasteiger partial charge in [0.05, 0.1) is 0 Å². The topological polar surface area (TPSA) is 66.5 Å². The van der Waals surface area contributed by atoms with Gasteiger partial charge in [0.25, 0.3) is 0 Å². The van der Waals surface area contributed by atoms with Gasteiger partial charge >= 0.3 is 103 Å². The average Bonchev–Trinajstić information content (AvgIpc) is 0. The Kier molecular flexibility index (Phi) is 111. The molecule has 0 aromatic rings. The third kappa shape index (κ3) is 8.95. The number of hydrogen-bond donors (Lipinski definition) is 1. The van der Waals surface area contributed by atoms with Gasteiger partial charge in [-0.25, -0.2) is 0 Å². The summed E-state index contributed by atoms with van der Waals surface area (Å²) in [6.07, 6.45) is 0. The summed E-state index contributed by atoms with van der Waals surface area (Å²) in [6.45, 7) is 0. The maximum Gasteiger partial charge on any atom is 1.00 e. The third-order valence-corrected chi connectivity index (χ3v) is 0. The Hall–Kier alpha value is 3.19. The Morgan fingerprint density at radius 3 is 1.00 bits per heavy atom. The van der Waals surface area contributed by atoms with Crippen LogP contribution in [-0.4, -0.2) is 5.48 Å². The van der Waals surface area contributed by atoms with Crippen molar-refractivity contribution < 1.29 is 111 Å². The van der Waals surface area contributed by atoms with E-state index in [9.17, 15) is 0 Å². The molecule has 2 nitrogen and oxygen atoms in total. The maximum atomic E-state index is 0. The van der Waals surface area contributed by atoms with Crippen molar-refractivity contribution in [1.29, 1.82) is 0 Å². The molecule has 0 aromatic carbocycles. The molecular weight excluding hydrogens is 108 g/mol. The molecule has 4 heteroatoms. The molecule has 0 aliphatic carbocycles. The minimum Gasteiger partial charge on any atom is -1.00 e. The second-order valence-corrected chi connectivity index (χ2v) is 0. The van der Waals surface area contributed by atoms with Gasteiger partial charge in [0.15, 0.2) is 0 Å². The van der Waals surface area contributed by atoms with Crippen LogP contribution in [0.2, 0.25) is 0 Å². The van der Waals surface area contributed by atoms with Crippen molar-refractivity contribution in [2.24, 2.45) is 0 Å². The van der Waals surface area contributed by atoms with E-state index in [0.29, 0.717) is 0 Å². The van der Waals surface area contributed by atoms with Gasteiger partial charge in [-0.15, -0.1) is 0 Å². The van der Waals surface area contributed by atoms with Crippen LogP contribution >= 0.6 is 0 Å². The van der Waals surface area contributed by atoms with E-state index >= 15 is 0 Å². The van der Waals surface area contributed by atoms with Gasteiger partial charge in [-0.3, -0.25) is 0 Å². The quantitative estimate of drug-likeness (QED) is 0.313. The third-order valence-electron chi connectivity index (χ3n) is 0. The first-order valence-electron chi connectivity index (χ1n) is 0. The summed E-state index contributed by atoms with van der Waals surface area (Å²) in [5, 5.41) is 0. The molecule has 0 aliphatic heterocycles. The van der Waals surface area contributed by atoms with Crippen LogP contribution in [0.25, 0.3) is 0 Å². The zero-order valence-electron chi connectivity index (χ0n) is 5.21. The van der Waals surface area contributed by atoms with Crippen molar-refractivity contribution in [3.8, 4) is 0 Å². The van der Waals surface area contributed by atoms with Crippen LogP contribution in [0.3, 0.4) is 0 Å². The van der Waals surface area contributed by atoms with Gasteiger partial charge in [0.2, 0.25) is 0 Å². The van der Waals surface area contributed by atoms with Crippen molar-refractivity contribution in [3.63, 3.8) is 0 Å². The minimum atomic E-state index is 0. The molecule has 0 aliphatic rings. The molecule has 4 heavy (non-hydrogen) atoms. The Labute approximate surface area is 114 Å². The smallest absolute Gasteiger partial charge is 1.00 e. The largest absolute Gasteiger partial charge is 1.00 e. The monoisotopic (exact) mass is 115 g/mol. The summed E-state index contributed by atoms with van der Waals surface area (Å²) in [7, 11) is 0. The fraction of sp³-hybridized carbons (Fsp3) is 0. The fourth-order valence-electron chi connectivity index (χ4n) is 0. The molecule has 0 unspecified atom stereocenters. The minimum absolute atomic E-state index is 0. The van der Waals surface area contributed by atoms with Gasteiger partial charge in [0.1, 0.15) is 0 Å². The van der Waals surface area contributed by atoms with Gasteiger partial charge in [-0.2, -0.15) is 0 Å². The Morgan fingerprint density at radius 1 is 1.00 bits per heavy atom. The van der Waals surface area contributed by atoms with Crippen molar-refractivity contribution >= 4 is 0 Å². The Morgan fingerprint density at radius 2 is 1.00 bits per heavy atom. The molecule has 0 saturated carbocycles. The van der Waals surface area contributed by atoms with Crippen molar-refractivity contribution in [2.45, 2.75) is 0 Å². The molecule has 0 heterocycles. The molecule has 0 aromatic heterocycles. The van der Waals surface area contributed by atoms with E-state index in [0.717, 1.165) is 0 Å². The van der Waals surface area contributed by atoms with E-state index in [1.807, 2.05) is 0 Å². The molecule has 0 spiro atoms. The van der Waals surface area contributed by atoms with Crippen LogP contribution in [0.5, 0.6) is 0 Å². The zero-order valence-corrected chi connectivity index (χ0v) is 9.45. The first kappa shape index (κ1) is 27.1. The van der Waals surface area contributed by atoms with E-state index in [1.54, 1.807) is 0 Å². The summed E-state index contributed by atoms with van der Waals surface area (Å²) in [5.41, 5.74) is 0. The second-order valence-electron chi connectivity index (χ2n) is 0. The molecule has 0 bridgehead atoms. The van der Waals surface area contributed by atoms with Crippen molar-refractivity contribution in [1.82, 2.24) is 6.15 Å². The maximum absolute atomic E-state index is 0. The SMILES string of the molecule is N.O.[H-].[H-].[K+].[K+]. The number of rotatable bonds is 0. The molecular formula is H7K2NO. The Balaban J connectivity index is 0. The van der Waals surface area contributed by atoms with Crippen LogP contribution in [0.15, 0.2) is 0 Å². The first-order chi connectivity index (χ1) is 0. The predicted molar refractivity (Wildman–Crippen MR) is 10.9 cm³/mol. The van der Waals surface area contributed by atoms with E-state index in [1.165, 1.54) is 0 Å². The van der Waals surface area contributed by atoms with E-state index in [-0.39, 0.29) is 117 Å². The standard InChI is InChI=1S/2K.H3N.H2O.2H/h;;1H3;1H2;;/q2*+1;;;2*-1. The zero-order chi connectivity index (χ0) is 0. The summed E-state index contributed by atoms with van der Waals surface area (Å²) in [4.78, 5) is 0. The van der Waals surface area contributed by atoms with E-state index in [2.05, 4.69) is 0 Å². The first-order valence-corrected chi connectivity index (χ1v) is 0. The van der Waals surface area contributed by atoms with Gasteiger partial charge in [-0.05, 0) is 0 Å². The van der Waals surface area contributed by atoms with Gasteiger partial charge < -0.3 is 14.5 Å². The molecule has 0 radical (unpaired) electrons. The Bertz CT molecular complexity index is 11.5. The van der Waals surface area contributed by atoms with Crippen LogP contribution in [0.1, 0.15) is 2.85 Å². The van der Waals surface area contributed by atoms with Gasteiger partial charge in [0, 0.05) is 0 Å². The molecule has 5 N–H and O–H groups in total. The fourth-order valence-corrected chi connectivity index (χ4v) is 0. The van der Waals surface area contributed by atoms with Crippen molar-refractivity contribution in [3.05, 3.63) is 0 Å². The molecule has 0 atom stereocenters. The van der Waals surface area contributed by atoms with Crippen LogP contribution < -0.4 is 109 Å². The normalized spacial score (nSPS) is 0. The average molecular weight is 115 g/mol. The van der Waals surface area contributed by atoms with Crippen LogP contribution in [0.4, 0.5) is 0 Å². The van der Waals surface area contributed by atoms with Crippen LogP contribution in [-0.2, 0) is 0 Å². The van der Waals surface area contributed by atoms with Crippen molar-refractivity contribution in [2.75, 3.05) is 0 Å².